The maximum absolute atomic E-state index is 14.2. The van der Waals surface area contributed by atoms with E-state index in [1.165, 1.54) is 4.90 Å². The maximum Gasteiger partial charge on any atom is 0.254 e. The number of para-hydroxylation sites is 1. The number of phenolic OH excluding ortho intramolecular Hbond substituents is 1. The number of β-amino-alcohol motifs (C(OH)–C–C–N with tert-alkyl or cyclic N) is 1. The van der Waals surface area contributed by atoms with E-state index in [1.807, 2.05) is 45.2 Å². The lowest BCUT2D eigenvalue weighted by Crippen LogP contribution is -2.58. The van der Waals surface area contributed by atoms with Crippen LogP contribution in [-0.2, 0) is 14.3 Å². The molecule has 0 radical (unpaired) electrons. The Bertz CT molecular complexity index is 2920. The second kappa shape index (κ2) is 21.5. The van der Waals surface area contributed by atoms with Crippen molar-refractivity contribution in [1.82, 2.24) is 30.2 Å². The van der Waals surface area contributed by atoms with Gasteiger partial charge in [0, 0.05) is 99.2 Å². The van der Waals surface area contributed by atoms with Gasteiger partial charge in [-0.25, -0.2) is 4.98 Å². The Morgan fingerprint density at radius 1 is 0.870 bits per heavy atom. The second-order valence-corrected chi connectivity index (χ2v) is 23.4. The van der Waals surface area contributed by atoms with Crippen molar-refractivity contribution in [2.45, 2.75) is 159 Å². The third kappa shape index (κ3) is 10.8. The van der Waals surface area contributed by atoms with Crippen LogP contribution in [0.2, 0.25) is 0 Å². The van der Waals surface area contributed by atoms with Gasteiger partial charge >= 0.3 is 0 Å². The standard InChI is InChI=1S/C59H74N10O8/c1-34(2)55(58(73)68-33-42(70)25-50(68)57(72)63-35(3)37-12-10-36(30-60)11-13-37)52-29-54(65-77-52)76-44-22-38(23-44)59(4,5)67-20-17-43(18-21-67)74-45-26-46(27-45)75-53-24-39(16-19-62-53)69-40-14-15-41(69)32-66(31-40)49-28-48(64-56(49)61)47-8-6-7-9-51(47)71/h6-13,16,19,24,28-29,34-35,38,40-46,50,55,64,70-71H,14-15,17-18,20-23,25-27,31-33,61H2,1-5H3,(H,63,72)/t35-,38?,40?,41?,42+,44?,45?,46?,50-,55+/m0/s1. The fraction of sp³-hybridized carbons (Fsp3) is 0.542. The molecule has 2 amide bonds. The van der Waals surface area contributed by atoms with Gasteiger partial charge in [0.25, 0.3) is 5.88 Å². The Morgan fingerprint density at radius 2 is 1.57 bits per heavy atom. The number of ether oxygens (including phenoxy) is 3. The summed E-state index contributed by atoms with van der Waals surface area (Å²) in [5, 5.41) is 37.5. The monoisotopic (exact) mass is 1050 g/mol. The lowest BCUT2D eigenvalue weighted by molar-refractivity contribution is -0.141. The fourth-order valence-electron chi connectivity index (χ4n) is 13.0. The lowest BCUT2D eigenvalue weighted by atomic mass is 9.69. The average molecular weight is 1050 g/mol. The van der Waals surface area contributed by atoms with Crippen LogP contribution in [0.25, 0.3) is 11.3 Å². The summed E-state index contributed by atoms with van der Waals surface area (Å²) in [4.78, 5) is 44.8. The van der Waals surface area contributed by atoms with Crippen LogP contribution in [0, 0.1) is 23.2 Å². The number of aromatic amines is 1. The first-order chi connectivity index (χ1) is 37.1. The molecule has 2 bridgehead atoms. The largest absolute Gasteiger partial charge is 0.507 e. The van der Waals surface area contributed by atoms with Crippen molar-refractivity contribution in [2.75, 3.05) is 48.3 Å². The SMILES string of the molecule is CC(C)[C@@H](C(=O)N1C[C@H](O)C[C@H]1C(=O)N[C@@H](C)c1ccc(C#N)cc1)c1cc(OC2CC(C(C)(C)N3CCC(OC4CC(Oc5cc(N6C7CCC6CN(c6cc(-c8ccccc8O)[nH]c6N)C7)ccn5)C4)CC3)C2)no1. The van der Waals surface area contributed by atoms with Gasteiger partial charge in [0.1, 0.15) is 35.7 Å². The van der Waals surface area contributed by atoms with E-state index in [0.717, 1.165) is 106 Å². The van der Waals surface area contributed by atoms with Gasteiger partial charge in [-0.15, -0.1) is 0 Å². The van der Waals surface area contributed by atoms with Crippen molar-refractivity contribution in [3.63, 3.8) is 0 Å². The Hall–Kier alpha value is -6.81. The Morgan fingerprint density at radius 3 is 2.27 bits per heavy atom. The fourth-order valence-corrected chi connectivity index (χ4v) is 13.0. The number of likely N-dealkylation sites (tertiary alicyclic amines) is 2. The van der Waals surface area contributed by atoms with Crippen LogP contribution in [0.1, 0.15) is 121 Å². The van der Waals surface area contributed by atoms with E-state index >= 15 is 0 Å². The van der Waals surface area contributed by atoms with Crippen LogP contribution >= 0.6 is 0 Å². The predicted octanol–water partition coefficient (Wildman–Crippen LogP) is 7.69. The van der Waals surface area contributed by atoms with Crippen LogP contribution in [0.3, 0.4) is 0 Å². The number of rotatable bonds is 17. The van der Waals surface area contributed by atoms with Gasteiger partial charge in [-0.05, 0) is 118 Å². The maximum atomic E-state index is 14.2. The number of carbonyl (C=O) groups excluding carboxylic acids is 2. The van der Waals surface area contributed by atoms with Crippen LogP contribution < -0.4 is 30.3 Å². The van der Waals surface area contributed by atoms with Crippen LogP contribution in [-0.4, -0.2) is 134 Å². The molecule has 2 saturated carbocycles. The number of aromatic nitrogens is 3. The number of nitrogens with two attached hydrogens (primary N) is 1. The zero-order valence-electron chi connectivity index (χ0n) is 44.9. The molecule has 6 atom stereocenters. The molecule has 4 aliphatic heterocycles. The van der Waals surface area contributed by atoms with Gasteiger partial charge in [-0.3, -0.25) is 14.5 Å². The van der Waals surface area contributed by atoms with E-state index in [2.05, 4.69) is 73.3 Å². The number of piperidine rings is 1. The number of piperazine rings is 1. The first kappa shape index (κ1) is 52.3. The lowest BCUT2D eigenvalue weighted by Gasteiger charge is -2.52. The minimum absolute atomic E-state index is 0.0173. The molecule has 2 unspecified atom stereocenters. The van der Waals surface area contributed by atoms with Gasteiger partial charge in [-0.1, -0.05) is 38.1 Å². The summed E-state index contributed by atoms with van der Waals surface area (Å²) in [6.45, 7) is 14.1. The normalized spacial score (nSPS) is 26.4. The molecule has 2 aliphatic carbocycles. The molecule has 18 nitrogen and oxygen atoms in total. The molecule has 3 aromatic heterocycles. The number of benzene rings is 2. The number of nitriles is 1. The summed E-state index contributed by atoms with van der Waals surface area (Å²) < 4.78 is 25.2. The number of pyridine rings is 1. The van der Waals surface area contributed by atoms with Crippen molar-refractivity contribution >= 4 is 29.0 Å². The number of hydrogen-bond donors (Lipinski definition) is 5. The molecule has 6 aliphatic rings. The van der Waals surface area contributed by atoms with E-state index in [1.54, 1.807) is 36.4 Å². The number of aliphatic hydroxyl groups excluding tert-OH is 1. The minimum atomic E-state index is -0.848. The van der Waals surface area contributed by atoms with E-state index in [4.69, 9.17) is 29.7 Å². The number of aromatic hydroxyl groups is 1. The summed E-state index contributed by atoms with van der Waals surface area (Å²) in [6, 6.07) is 23.9. The van der Waals surface area contributed by atoms with Crippen molar-refractivity contribution in [3.05, 3.63) is 95.9 Å². The first-order valence-electron chi connectivity index (χ1n) is 27.8. The van der Waals surface area contributed by atoms with E-state index in [0.29, 0.717) is 46.9 Å². The molecule has 18 heteroatoms. The number of hydrogen-bond acceptors (Lipinski definition) is 15. The van der Waals surface area contributed by atoms with Gasteiger partial charge in [-0.2, -0.15) is 5.26 Å². The highest BCUT2D eigenvalue weighted by atomic mass is 16.5. The van der Waals surface area contributed by atoms with Crippen molar-refractivity contribution in [2.24, 2.45) is 11.8 Å². The molecule has 11 rings (SSSR count). The summed E-state index contributed by atoms with van der Waals surface area (Å²) in [6.07, 6.45) is 9.30. The second-order valence-electron chi connectivity index (χ2n) is 23.4. The number of H-pyrrole nitrogens is 1. The number of anilines is 3. The van der Waals surface area contributed by atoms with Crippen LogP contribution in [0.15, 0.2) is 83.5 Å². The van der Waals surface area contributed by atoms with Crippen molar-refractivity contribution < 1.29 is 38.5 Å². The van der Waals surface area contributed by atoms with Crippen LogP contribution in [0.5, 0.6) is 17.5 Å². The Balaban J connectivity index is 0.607. The Labute approximate surface area is 450 Å². The van der Waals surface area contributed by atoms with E-state index in [-0.39, 0.29) is 72.4 Å². The number of phenols is 1. The van der Waals surface area contributed by atoms with Crippen molar-refractivity contribution in [1.29, 1.82) is 5.26 Å². The minimum Gasteiger partial charge on any atom is -0.507 e. The van der Waals surface area contributed by atoms with E-state index < -0.39 is 18.1 Å². The number of nitrogens with one attached hydrogen (secondary N) is 2. The number of carbonyl (C=O) groups is 2. The number of aliphatic hydroxyl groups is 1. The van der Waals surface area contributed by atoms with Crippen molar-refractivity contribution in [3.8, 4) is 34.8 Å². The zero-order chi connectivity index (χ0) is 53.7. The zero-order valence-corrected chi connectivity index (χ0v) is 44.9. The molecule has 6 fully saturated rings. The molecule has 408 valence electrons. The third-order valence-electron chi connectivity index (χ3n) is 17.7. The van der Waals surface area contributed by atoms with Crippen LogP contribution in [0.4, 0.5) is 17.2 Å². The summed E-state index contributed by atoms with van der Waals surface area (Å²) in [5.74, 6) is 1.11. The van der Waals surface area contributed by atoms with Gasteiger partial charge in [0.15, 0.2) is 5.76 Å². The molecule has 7 heterocycles. The van der Waals surface area contributed by atoms with Gasteiger partial charge in [0.2, 0.25) is 17.7 Å². The smallest absolute Gasteiger partial charge is 0.254 e. The van der Waals surface area contributed by atoms with Gasteiger partial charge in [0.05, 0.1) is 47.4 Å². The average Bonchev–Trinajstić information content (AvgIpc) is 4.19. The predicted molar refractivity (Wildman–Crippen MR) is 290 cm³/mol. The first-order valence-corrected chi connectivity index (χ1v) is 27.8. The molecule has 4 saturated heterocycles. The molecular formula is C59H74N10O8. The summed E-state index contributed by atoms with van der Waals surface area (Å²) in [7, 11) is 0. The number of amides is 2. The van der Waals surface area contributed by atoms with E-state index in [9.17, 15) is 19.8 Å². The molecule has 0 spiro atoms. The highest BCUT2D eigenvalue weighted by molar-refractivity contribution is 5.91. The number of nitrogens with zero attached hydrogens (tertiary/aromatic N) is 7. The molecule has 5 aromatic rings. The molecule has 6 N–H and O–H groups in total. The highest BCUT2D eigenvalue weighted by Gasteiger charge is 2.48. The molecule has 2 aromatic carbocycles. The molecule has 77 heavy (non-hydrogen) atoms. The van der Waals surface area contributed by atoms with Gasteiger partial charge < -0.3 is 59.7 Å². The number of nitrogen functional groups attached to an aromatic ring is 1. The topological polar surface area (TPSA) is 232 Å². The Kier molecular flexibility index (Phi) is 14.6. The quantitative estimate of drug-likeness (QED) is 0.0601. The summed E-state index contributed by atoms with van der Waals surface area (Å²) in [5.41, 5.74) is 11.5. The number of fused-ring (bicyclic) bond motifs is 2. The summed E-state index contributed by atoms with van der Waals surface area (Å²) >= 11 is 0. The molecular weight excluding hydrogens is 977 g/mol. The highest BCUT2D eigenvalue weighted by Crippen LogP contribution is 2.45. The third-order valence-corrected chi connectivity index (χ3v) is 17.7.